The van der Waals surface area contributed by atoms with Crippen LogP contribution in [0.4, 0.5) is 0 Å². The van der Waals surface area contributed by atoms with E-state index in [4.69, 9.17) is 0 Å². The molecule has 0 aliphatic carbocycles. The summed E-state index contributed by atoms with van der Waals surface area (Å²) in [7, 11) is 0. The molecule has 1 atom stereocenters. The molecule has 0 saturated carbocycles. The second-order valence-corrected chi connectivity index (χ2v) is 22.2. The zero-order chi connectivity index (χ0) is 49.6. The smallest absolute Gasteiger partial charge is 0.0258 e. The van der Waals surface area contributed by atoms with E-state index < -0.39 is 0 Å². The van der Waals surface area contributed by atoms with Crippen LogP contribution in [-0.2, 0) is 37.8 Å². The molecule has 379 valence electrons. The normalized spacial score (nSPS) is 9.23. The topological polar surface area (TPSA) is 0 Å². The molecule has 19 heteroatoms. The molecule has 0 aliphatic rings. The average molecular weight is 2300 g/mol. The molecule has 0 N–H and O–H groups in total. The Bertz CT molecular complexity index is 2100. The summed E-state index contributed by atoms with van der Waals surface area (Å²) in [6.07, 6.45) is 8.08. The van der Waals surface area contributed by atoms with Crippen molar-refractivity contribution in [3.8, 4) is 0 Å². The number of hydrogen-bond acceptors (Lipinski definition) is 0. The third-order valence-electron chi connectivity index (χ3n) is 8.31. The van der Waals surface area contributed by atoms with E-state index in [1.54, 1.807) is 0 Å². The third kappa shape index (κ3) is 43.1. The first kappa shape index (κ1) is 84.9. The van der Waals surface area contributed by atoms with Gasteiger partial charge in [-0.25, -0.2) is 0 Å². The Kier molecular flexibility index (Phi) is 70.5. The molecule has 0 saturated heterocycles. The number of benzene rings is 6. The summed E-state index contributed by atoms with van der Waals surface area (Å²) in [6, 6.07) is 45.3. The molecular weight excluding hydrogens is 2250 g/mol. The zero-order valence-corrected chi connectivity index (χ0v) is 69.9. The van der Waals surface area contributed by atoms with Gasteiger partial charge in [-0.05, 0) is 114 Å². The van der Waals surface area contributed by atoms with Crippen molar-refractivity contribution in [2.24, 2.45) is 0 Å². The van der Waals surface area contributed by atoms with Crippen molar-refractivity contribution in [2.45, 2.75) is 45.4 Å². The standard InChI is InChI=1S/C10H12Br2.2C8H7Br3.C8H6Br2.C8H9Br.C8H8.2Br2.2BrH.U.V/c1-3-7(2)9-5-4-8(11)6-10(9)12;2*9-4-3-6-1-2-7(10)5-8(6)11;1-2-6-3-4-7(9)5-8(6)10;9-7-6-8-4-2-1-3-5-8;1-2-8-6-4-3-5-7-8;2*1-2;;;;/h4-7H,3H2,1-2H3;2*1-2,5H,3-4H2;2-5H,1H2;1-5H,6-7H2;2-7H,1H2;;;2*1H;;/p-1. The molecule has 0 spiro atoms. The summed E-state index contributed by atoms with van der Waals surface area (Å²) in [5.74, 6) is 0.632. The monoisotopic (exact) mass is 2280 g/mol. The molecule has 6 aromatic carbocycles. The van der Waals surface area contributed by atoms with Crippen molar-refractivity contribution in [1.82, 2.24) is 0 Å². The van der Waals surface area contributed by atoms with E-state index in [0.29, 0.717) is 5.92 Å². The van der Waals surface area contributed by atoms with Crippen LogP contribution in [0.1, 0.15) is 59.6 Å². The Morgan fingerprint density at radius 1 is 0.478 bits per heavy atom. The van der Waals surface area contributed by atoms with Crippen LogP contribution in [0.15, 0.2) is 182 Å². The van der Waals surface area contributed by atoms with E-state index in [1.165, 1.54) is 47.7 Å². The minimum atomic E-state index is 0. The third-order valence-corrected chi connectivity index (χ3v) is 14.3. The van der Waals surface area contributed by atoms with Crippen LogP contribution in [0.25, 0.3) is 12.2 Å². The number of aryl methyl sites for hydroxylation is 3. The SMILES string of the molecule is Br.BrBr.BrBr.BrCCc1ccc(Br)cc1Br.BrCCc1ccc(Br)cc1Br.BrCCc1ccccc1.C=Cc1ccc(Br)cc1Br.C=Cc1ccccc1.CCC(C)c1ccc(Br)cc1Br.[Br-].[U].[V]. The van der Waals surface area contributed by atoms with Crippen molar-refractivity contribution in [3.63, 3.8) is 0 Å². The molecule has 0 aliphatic heterocycles. The summed E-state index contributed by atoms with van der Waals surface area (Å²) < 4.78 is 9.04. The van der Waals surface area contributed by atoms with E-state index >= 15 is 0 Å². The molecule has 0 amide bonds. The molecule has 0 bridgehead atoms. The molecule has 6 aromatic rings. The van der Waals surface area contributed by atoms with Gasteiger partial charge >= 0.3 is 0 Å². The van der Waals surface area contributed by atoms with Gasteiger partial charge < -0.3 is 17.0 Å². The van der Waals surface area contributed by atoms with Crippen LogP contribution in [0.2, 0.25) is 0 Å². The summed E-state index contributed by atoms with van der Waals surface area (Å²) in [5, 5.41) is 3.07. The van der Waals surface area contributed by atoms with Gasteiger partial charge in [0.15, 0.2) is 0 Å². The van der Waals surface area contributed by atoms with Gasteiger partial charge in [0.2, 0.25) is 0 Å². The molecule has 0 heterocycles. The number of halogens is 17. The van der Waals surface area contributed by atoms with Crippen molar-refractivity contribution >= 4 is 261 Å². The second-order valence-electron chi connectivity index (χ2n) is 12.7. The largest absolute Gasteiger partial charge is 1.00 e. The maximum atomic E-state index is 3.68. The van der Waals surface area contributed by atoms with Crippen LogP contribution >= 0.6 is 249 Å². The molecular formula is C50H50Br17UV-. The minimum absolute atomic E-state index is 0. The number of alkyl halides is 3. The zero-order valence-electron chi connectivity index (χ0n) is 37.2. The first-order valence-corrected chi connectivity index (χ1v) is 36.4. The van der Waals surface area contributed by atoms with Crippen molar-refractivity contribution in [1.29, 1.82) is 0 Å². The Morgan fingerprint density at radius 2 is 0.841 bits per heavy atom. The Balaban J connectivity index is -0.000000169. The van der Waals surface area contributed by atoms with E-state index in [9.17, 15) is 0 Å². The van der Waals surface area contributed by atoms with Gasteiger partial charge in [-0.3, -0.25) is 0 Å². The first-order valence-electron chi connectivity index (χ1n) is 19.3. The Labute approximate surface area is 594 Å². The van der Waals surface area contributed by atoms with Gasteiger partial charge in [-0.1, -0.05) is 299 Å². The van der Waals surface area contributed by atoms with E-state index in [2.05, 4.69) is 338 Å². The fourth-order valence-electron chi connectivity index (χ4n) is 4.78. The van der Waals surface area contributed by atoms with Crippen molar-refractivity contribution in [2.75, 3.05) is 16.0 Å². The molecule has 0 fully saturated rings. The van der Waals surface area contributed by atoms with E-state index in [1.807, 2.05) is 66.7 Å². The fourth-order valence-corrected chi connectivity index (χ4v) is 11.2. The van der Waals surface area contributed by atoms with Gasteiger partial charge in [0.1, 0.15) is 0 Å². The van der Waals surface area contributed by atoms with Gasteiger partial charge in [0.25, 0.3) is 0 Å². The first-order chi connectivity index (χ1) is 31.2. The maximum Gasteiger partial charge on any atom is 0.0258 e. The van der Waals surface area contributed by atoms with E-state index in [-0.39, 0.29) is 83.6 Å². The van der Waals surface area contributed by atoms with Crippen molar-refractivity contribution in [3.05, 3.63) is 216 Å². The molecule has 1 unspecified atom stereocenters. The number of hydrogen-bond donors (Lipinski definition) is 0. The van der Waals surface area contributed by atoms with Gasteiger partial charge in [0.05, 0.1) is 0 Å². The number of rotatable bonds is 10. The van der Waals surface area contributed by atoms with Crippen molar-refractivity contribution < 1.29 is 66.7 Å². The summed E-state index contributed by atoms with van der Waals surface area (Å²) >= 11 is 48.8. The molecule has 6 rings (SSSR count). The predicted molar refractivity (Wildman–Crippen MR) is 358 cm³/mol. The molecule has 0 aromatic heterocycles. The predicted octanol–water partition coefficient (Wildman–Crippen LogP) is 22.8. The van der Waals surface area contributed by atoms with Crippen LogP contribution in [0.5, 0.6) is 0 Å². The summed E-state index contributed by atoms with van der Waals surface area (Å²) in [6.45, 7) is 11.8. The van der Waals surface area contributed by atoms with Crippen LogP contribution in [0.3, 0.4) is 0 Å². The molecule has 1 radical (unpaired) electrons. The minimum Gasteiger partial charge on any atom is -1.00 e. The quantitative estimate of drug-likeness (QED) is 0.120. The summed E-state index contributed by atoms with van der Waals surface area (Å²) in [5.41, 5.74) is 7.75. The van der Waals surface area contributed by atoms with Gasteiger partial charge in [-0.15, -0.1) is 17.0 Å². The van der Waals surface area contributed by atoms with Crippen LogP contribution in [-0.4, -0.2) is 16.0 Å². The molecule has 69 heavy (non-hydrogen) atoms. The van der Waals surface area contributed by atoms with Crippen LogP contribution < -0.4 is 17.0 Å². The van der Waals surface area contributed by atoms with Crippen LogP contribution in [0, 0.1) is 31.1 Å². The maximum absolute atomic E-state index is 3.68. The molecule has 0 nitrogen and oxygen atoms in total. The van der Waals surface area contributed by atoms with Gasteiger partial charge in [0, 0.05) is 158 Å². The van der Waals surface area contributed by atoms with E-state index in [0.717, 1.165) is 63.2 Å². The second kappa shape index (κ2) is 57.3. The van der Waals surface area contributed by atoms with Gasteiger partial charge in [-0.2, -0.15) is 0 Å². The average Bonchev–Trinajstić information content (AvgIpc) is 3.31. The fraction of sp³-hybridized carbons (Fsp3) is 0.200. The Hall–Kier alpha value is 4.60. The Morgan fingerprint density at radius 3 is 1.16 bits per heavy atom. The summed E-state index contributed by atoms with van der Waals surface area (Å²) in [4.78, 5) is 0.